The van der Waals surface area contributed by atoms with Crippen molar-refractivity contribution in [1.82, 2.24) is 14.9 Å². The monoisotopic (exact) mass is 350 g/mol. The molecular formula is C15H16N3O5S-. The third kappa shape index (κ3) is 3.02. The zero-order chi connectivity index (χ0) is 16.9. The lowest BCUT2D eigenvalue weighted by atomic mass is 10.1. The zero-order valence-corrected chi connectivity index (χ0v) is 13.6. The molecule has 0 aromatic carbocycles. The number of fused-ring (bicyclic) bond motifs is 1. The molecular weight excluding hydrogens is 334 g/mol. The molecule has 0 radical (unpaired) electrons. The van der Waals surface area contributed by atoms with Crippen molar-refractivity contribution < 1.29 is 17.4 Å². The standard InChI is InChI=1S/C15H17N3O5S/c19-15-11-8-18(7-10-3-4-13(23-10)24(20,21)22)6-5-12(11)16-14(17-15)9-1-2-9/h3-4,9H,1-2,5-8H2,(H,16,17,19)(H,20,21,22)/p-1. The molecule has 0 unspecified atom stereocenters. The first-order valence-corrected chi connectivity index (χ1v) is 9.20. The van der Waals surface area contributed by atoms with Crippen LogP contribution < -0.4 is 5.56 Å². The highest BCUT2D eigenvalue weighted by Crippen LogP contribution is 2.37. The highest BCUT2D eigenvalue weighted by molar-refractivity contribution is 7.85. The Morgan fingerprint density at radius 3 is 2.83 bits per heavy atom. The van der Waals surface area contributed by atoms with E-state index in [-0.39, 0.29) is 5.56 Å². The maximum Gasteiger partial charge on any atom is 0.255 e. The van der Waals surface area contributed by atoms with Crippen LogP contribution in [0.2, 0.25) is 0 Å². The molecule has 9 heteroatoms. The van der Waals surface area contributed by atoms with E-state index in [1.807, 2.05) is 4.90 Å². The van der Waals surface area contributed by atoms with E-state index in [0.29, 0.717) is 43.3 Å². The summed E-state index contributed by atoms with van der Waals surface area (Å²) in [5, 5.41) is -0.580. The molecule has 1 aliphatic carbocycles. The summed E-state index contributed by atoms with van der Waals surface area (Å²) >= 11 is 0. The molecule has 0 saturated heterocycles. The van der Waals surface area contributed by atoms with Crippen LogP contribution in [-0.2, 0) is 29.6 Å². The first-order chi connectivity index (χ1) is 11.4. The highest BCUT2D eigenvalue weighted by atomic mass is 32.2. The molecule has 8 nitrogen and oxygen atoms in total. The summed E-state index contributed by atoms with van der Waals surface area (Å²) in [7, 11) is -4.59. The summed E-state index contributed by atoms with van der Waals surface area (Å²) in [6.07, 6.45) is 2.82. The van der Waals surface area contributed by atoms with Gasteiger partial charge in [-0.1, -0.05) is 0 Å². The fourth-order valence-corrected chi connectivity index (χ4v) is 3.43. The molecule has 0 amide bonds. The molecule has 0 spiro atoms. The van der Waals surface area contributed by atoms with Crippen LogP contribution in [0.15, 0.2) is 26.4 Å². The van der Waals surface area contributed by atoms with Crippen LogP contribution in [0.5, 0.6) is 0 Å². The number of hydrogen-bond acceptors (Lipinski definition) is 7. The SMILES string of the molecule is O=c1[nH]c(C2CC2)nc2c1CN(Cc1ccc(S(=O)(=O)[O-])o1)CC2. The fourth-order valence-electron chi connectivity index (χ4n) is 2.98. The van der Waals surface area contributed by atoms with Crippen LogP contribution in [0, 0.1) is 0 Å². The van der Waals surface area contributed by atoms with E-state index < -0.39 is 15.2 Å². The second-order valence-electron chi connectivity index (χ2n) is 6.29. The Bertz CT molecular complexity index is 942. The smallest absolute Gasteiger partial charge is 0.255 e. The second kappa shape index (κ2) is 5.54. The molecule has 0 bridgehead atoms. The number of nitrogens with one attached hydrogen (secondary N) is 1. The number of aromatic nitrogens is 2. The van der Waals surface area contributed by atoms with Gasteiger partial charge in [-0.2, -0.15) is 0 Å². The molecule has 2 aromatic rings. The van der Waals surface area contributed by atoms with Gasteiger partial charge < -0.3 is 14.0 Å². The predicted molar refractivity (Wildman–Crippen MR) is 81.3 cm³/mol. The van der Waals surface area contributed by atoms with Gasteiger partial charge in [0.1, 0.15) is 11.6 Å². The molecule has 1 aliphatic heterocycles. The summed E-state index contributed by atoms with van der Waals surface area (Å²) in [5.74, 6) is 1.58. The Balaban J connectivity index is 1.52. The molecule has 1 saturated carbocycles. The van der Waals surface area contributed by atoms with Crippen molar-refractivity contribution in [3.8, 4) is 0 Å². The van der Waals surface area contributed by atoms with Crippen molar-refractivity contribution in [2.45, 2.75) is 43.4 Å². The van der Waals surface area contributed by atoms with Gasteiger partial charge in [-0.05, 0) is 25.0 Å². The molecule has 3 heterocycles. The number of H-pyrrole nitrogens is 1. The summed E-state index contributed by atoms with van der Waals surface area (Å²) in [6, 6.07) is 2.63. The predicted octanol–water partition coefficient (Wildman–Crippen LogP) is 0.703. The minimum atomic E-state index is -4.59. The van der Waals surface area contributed by atoms with Crippen molar-refractivity contribution in [3.63, 3.8) is 0 Å². The van der Waals surface area contributed by atoms with Crippen LogP contribution in [0.1, 0.15) is 41.6 Å². The molecule has 1 fully saturated rings. The van der Waals surface area contributed by atoms with E-state index in [9.17, 15) is 17.8 Å². The number of aromatic amines is 1. The Labute approximate surface area is 138 Å². The van der Waals surface area contributed by atoms with Crippen molar-refractivity contribution in [3.05, 3.63) is 45.3 Å². The Hall–Kier alpha value is -1.97. The molecule has 4 rings (SSSR count). The van der Waals surface area contributed by atoms with Crippen molar-refractivity contribution in [2.75, 3.05) is 6.54 Å². The Kier molecular flexibility index (Phi) is 3.59. The average Bonchev–Trinajstić information content (AvgIpc) is 3.26. The number of hydrogen-bond donors (Lipinski definition) is 1. The number of furan rings is 1. The largest absolute Gasteiger partial charge is 0.742 e. The van der Waals surface area contributed by atoms with Crippen molar-refractivity contribution in [2.24, 2.45) is 0 Å². The summed E-state index contributed by atoms with van der Waals surface area (Å²) < 4.78 is 37.9. The normalized spacial score (nSPS) is 18.5. The lowest BCUT2D eigenvalue weighted by Gasteiger charge is -2.26. The first-order valence-electron chi connectivity index (χ1n) is 7.79. The maximum absolute atomic E-state index is 12.3. The average molecular weight is 350 g/mol. The summed E-state index contributed by atoms with van der Waals surface area (Å²) in [4.78, 5) is 21.7. The lowest BCUT2D eigenvalue weighted by Crippen LogP contribution is -2.35. The van der Waals surface area contributed by atoms with E-state index in [1.54, 1.807) is 0 Å². The second-order valence-corrected chi connectivity index (χ2v) is 7.60. The van der Waals surface area contributed by atoms with Gasteiger partial charge in [0.15, 0.2) is 10.1 Å². The summed E-state index contributed by atoms with van der Waals surface area (Å²) in [6.45, 7) is 1.44. The minimum absolute atomic E-state index is 0.103. The molecule has 0 atom stereocenters. The van der Waals surface area contributed by atoms with Gasteiger partial charge in [-0.25, -0.2) is 13.4 Å². The quantitative estimate of drug-likeness (QED) is 0.806. The third-order valence-corrected chi connectivity index (χ3v) is 5.11. The van der Waals surface area contributed by atoms with Gasteiger partial charge in [0.25, 0.3) is 5.56 Å². The highest BCUT2D eigenvalue weighted by Gasteiger charge is 2.29. The molecule has 24 heavy (non-hydrogen) atoms. The first kappa shape index (κ1) is 15.6. The van der Waals surface area contributed by atoms with Gasteiger partial charge in [0.2, 0.25) is 5.09 Å². The molecule has 128 valence electrons. The van der Waals surface area contributed by atoms with Crippen molar-refractivity contribution >= 4 is 10.1 Å². The van der Waals surface area contributed by atoms with Gasteiger partial charge >= 0.3 is 0 Å². The van der Waals surface area contributed by atoms with E-state index in [0.717, 1.165) is 30.4 Å². The lowest BCUT2D eigenvalue weighted by molar-refractivity contribution is 0.215. The van der Waals surface area contributed by atoms with Gasteiger partial charge in [0.05, 0.1) is 17.8 Å². The Morgan fingerprint density at radius 2 is 2.17 bits per heavy atom. The fraction of sp³-hybridized carbons (Fsp3) is 0.467. The van der Waals surface area contributed by atoms with Crippen LogP contribution >= 0.6 is 0 Å². The van der Waals surface area contributed by atoms with Gasteiger partial charge in [-0.3, -0.25) is 9.69 Å². The molecule has 2 aromatic heterocycles. The van der Waals surface area contributed by atoms with Gasteiger partial charge in [-0.15, -0.1) is 0 Å². The maximum atomic E-state index is 12.3. The van der Waals surface area contributed by atoms with Crippen LogP contribution in [0.3, 0.4) is 0 Å². The number of rotatable bonds is 4. The summed E-state index contributed by atoms with van der Waals surface area (Å²) in [5.41, 5.74) is 1.39. The van der Waals surface area contributed by atoms with E-state index in [2.05, 4.69) is 9.97 Å². The van der Waals surface area contributed by atoms with Crippen LogP contribution in [-0.4, -0.2) is 34.4 Å². The minimum Gasteiger partial charge on any atom is -0.742 e. The van der Waals surface area contributed by atoms with Crippen LogP contribution in [0.4, 0.5) is 0 Å². The van der Waals surface area contributed by atoms with Crippen LogP contribution in [0.25, 0.3) is 0 Å². The van der Waals surface area contributed by atoms with E-state index in [1.165, 1.54) is 6.07 Å². The van der Waals surface area contributed by atoms with Crippen molar-refractivity contribution in [1.29, 1.82) is 0 Å². The molecule has 1 N–H and O–H groups in total. The zero-order valence-electron chi connectivity index (χ0n) is 12.8. The Morgan fingerprint density at radius 1 is 1.38 bits per heavy atom. The topological polar surface area (TPSA) is 119 Å². The third-order valence-electron chi connectivity index (χ3n) is 4.39. The van der Waals surface area contributed by atoms with Gasteiger partial charge in [0, 0.05) is 25.4 Å². The molecule has 2 aliphatic rings. The number of nitrogens with zero attached hydrogens (tertiary/aromatic N) is 2. The van der Waals surface area contributed by atoms with E-state index >= 15 is 0 Å². The van der Waals surface area contributed by atoms with E-state index in [4.69, 9.17) is 4.42 Å².